The fourth-order valence-corrected chi connectivity index (χ4v) is 4.39. The van der Waals surface area contributed by atoms with Gasteiger partial charge in [-0.3, -0.25) is 9.59 Å². The van der Waals surface area contributed by atoms with E-state index in [1.54, 1.807) is 0 Å². The first-order valence-electron chi connectivity index (χ1n) is 11.5. The summed E-state index contributed by atoms with van der Waals surface area (Å²) in [6, 6.07) is 3.95. The molecule has 16 heteroatoms. The summed E-state index contributed by atoms with van der Waals surface area (Å²) in [5.41, 5.74) is -4.89. The van der Waals surface area contributed by atoms with Gasteiger partial charge in [0, 0.05) is 6.54 Å². The molecule has 2 aromatic carbocycles. The SMILES string of the molecule is O=C(NC1(C(=O)NCCC(F)(F)F)CC1)c1ccc(/C=C/C(c2cc(Cl)c(Cl)c(Cl)c2)C(F)(F)F)cc1C(F)(F)F. The van der Waals surface area contributed by atoms with Gasteiger partial charge < -0.3 is 10.6 Å². The number of benzene rings is 2. The molecule has 0 saturated heterocycles. The Kier molecular flexibility index (Phi) is 9.56. The number of hydrogen-bond donors (Lipinski definition) is 2. The highest BCUT2D eigenvalue weighted by atomic mass is 35.5. The smallest absolute Gasteiger partial charge is 0.354 e. The molecule has 3 rings (SSSR count). The van der Waals surface area contributed by atoms with Gasteiger partial charge in [0.05, 0.1) is 38.5 Å². The predicted octanol–water partition coefficient (Wildman–Crippen LogP) is 8.36. The maximum absolute atomic E-state index is 13.8. The number of halogens is 12. The molecule has 1 unspecified atom stereocenters. The molecule has 224 valence electrons. The summed E-state index contributed by atoms with van der Waals surface area (Å²) >= 11 is 17.4. The van der Waals surface area contributed by atoms with E-state index in [0.29, 0.717) is 18.2 Å². The third-order valence-corrected chi connectivity index (χ3v) is 7.22. The highest BCUT2D eigenvalue weighted by Gasteiger charge is 2.52. The fourth-order valence-electron chi connectivity index (χ4n) is 3.77. The van der Waals surface area contributed by atoms with Crippen molar-refractivity contribution in [1.29, 1.82) is 0 Å². The lowest BCUT2D eigenvalue weighted by Gasteiger charge is -2.20. The number of nitrogens with one attached hydrogen (secondary N) is 2. The first kappa shape index (κ1) is 32.9. The second kappa shape index (κ2) is 11.9. The lowest BCUT2D eigenvalue weighted by atomic mass is 9.96. The van der Waals surface area contributed by atoms with Gasteiger partial charge in [-0.05, 0) is 48.2 Å². The molecule has 1 saturated carbocycles. The standard InChI is InChI=1S/C25H18Cl3F9N2O2/c26-17-10-13(11-18(27)19(17)28)15(24(32,33)34)4-2-12-1-3-14(16(9-12)25(35,36)37)20(40)39-22(5-6-22)21(41)38-8-7-23(29,30)31/h1-4,9-11,15H,5-8H2,(H,38,41)(H,39,40)/b4-2+. The normalized spacial score (nSPS) is 16.0. The first-order chi connectivity index (χ1) is 18.7. The zero-order valence-corrected chi connectivity index (χ0v) is 22.6. The number of hydrogen-bond acceptors (Lipinski definition) is 2. The summed E-state index contributed by atoms with van der Waals surface area (Å²) in [6.07, 6.45) is -14.6. The third kappa shape index (κ3) is 8.45. The molecule has 0 bridgehead atoms. The van der Waals surface area contributed by atoms with Gasteiger partial charge in [-0.15, -0.1) is 0 Å². The fraction of sp³-hybridized carbons (Fsp3) is 0.360. The Morgan fingerprint density at radius 1 is 0.927 bits per heavy atom. The van der Waals surface area contributed by atoms with E-state index in [9.17, 15) is 49.1 Å². The van der Waals surface area contributed by atoms with Gasteiger partial charge in [0.2, 0.25) is 5.91 Å². The minimum absolute atomic E-state index is 0.0175. The molecule has 2 N–H and O–H groups in total. The Morgan fingerprint density at radius 3 is 2.00 bits per heavy atom. The Hall–Kier alpha value is -2.64. The summed E-state index contributed by atoms with van der Waals surface area (Å²) in [4.78, 5) is 25.0. The van der Waals surface area contributed by atoms with Crippen LogP contribution < -0.4 is 10.6 Å². The minimum atomic E-state index is -5.14. The summed E-state index contributed by atoms with van der Waals surface area (Å²) in [7, 11) is 0. The zero-order valence-electron chi connectivity index (χ0n) is 20.3. The lowest BCUT2D eigenvalue weighted by Crippen LogP contribution is -2.49. The van der Waals surface area contributed by atoms with Crippen molar-refractivity contribution in [2.24, 2.45) is 0 Å². The molecule has 0 aromatic heterocycles. The Balaban J connectivity index is 1.86. The molecule has 4 nitrogen and oxygen atoms in total. The molecule has 41 heavy (non-hydrogen) atoms. The molecular formula is C25H18Cl3F9N2O2. The number of carbonyl (C=O) groups is 2. The van der Waals surface area contributed by atoms with Crippen molar-refractivity contribution in [1.82, 2.24) is 10.6 Å². The van der Waals surface area contributed by atoms with Crippen LogP contribution in [0.4, 0.5) is 39.5 Å². The number of amides is 2. The molecule has 1 atom stereocenters. The second-order valence-electron chi connectivity index (χ2n) is 9.14. The van der Waals surface area contributed by atoms with Crippen LogP contribution >= 0.6 is 34.8 Å². The van der Waals surface area contributed by atoms with E-state index in [2.05, 4.69) is 5.32 Å². The van der Waals surface area contributed by atoms with Gasteiger partial charge in [-0.1, -0.05) is 53.0 Å². The van der Waals surface area contributed by atoms with Crippen molar-refractivity contribution in [2.45, 2.75) is 49.2 Å². The van der Waals surface area contributed by atoms with Crippen LogP contribution in [0.3, 0.4) is 0 Å². The van der Waals surface area contributed by atoms with Crippen LogP contribution in [0.1, 0.15) is 52.2 Å². The molecule has 0 aliphatic heterocycles. The van der Waals surface area contributed by atoms with Crippen LogP contribution in [0, 0.1) is 0 Å². The highest BCUT2D eigenvalue weighted by Crippen LogP contribution is 2.42. The number of allylic oxidation sites excluding steroid dienone is 1. The van der Waals surface area contributed by atoms with Crippen molar-refractivity contribution < 1.29 is 49.1 Å². The van der Waals surface area contributed by atoms with Crippen LogP contribution in [0.15, 0.2) is 36.4 Å². The van der Waals surface area contributed by atoms with E-state index in [1.807, 2.05) is 5.32 Å². The minimum Gasteiger partial charge on any atom is -0.354 e. The van der Waals surface area contributed by atoms with Gasteiger partial charge in [0.1, 0.15) is 5.54 Å². The van der Waals surface area contributed by atoms with Crippen molar-refractivity contribution in [3.05, 3.63) is 73.7 Å². The predicted molar refractivity (Wildman–Crippen MR) is 134 cm³/mol. The average Bonchev–Trinajstić information content (AvgIpc) is 3.60. The van der Waals surface area contributed by atoms with Crippen molar-refractivity contribution in [3.63, 3.8) is 0 Å². The van der Waals surface area contributed by atoms with Crippen LogP contribution in [0.2, 0.25) is 15.1 Å². The quantitative estimate of drug-likeness (QED) is 0.222. The van der Waals surface area contributed by atoms with Gasteiger partial charge in [0.25, 0.3) is 5.91 Å². The van der Waals surface area contributed by atoms with Crippen molar-refractivity contribution in [2.75, 3.05) is 6.54 Å². The van der Waals surface area contributed by atoms with Crippen LogP contribution in [0.25, 0.3) is 6.08 Å². The molecule has 1 aliphatic carbocycles. The summed E-state index contributed by atoms with van der Waals surface area (Å²) in [5, 5.41) is 3.41. The summed E-state index contributed by atoms with van der Waals surface area (Å²) in [5.74, 6) is -4.66. The van der Waals surface area contributed by atoms with Crippen molar-refractivity contribution >= 4 is 52.7 Å². The largest absolute Gasteiger partial charge is 0.417 e. The maximum atomic E-state index is 13.8. The number of carbonyl (C=O) groups excluding carboxylic acids is 2. The molecule has 0 radical (unpaired) electrons. The molecule has 1 aliphatic rings. The second-order valence-corrected chi connectivity index (χ2v) is 10.3. The zero-order chi connectivity index (χ0) is 31.0. The molecule has 2 aromatic rings. The third-order valence-electron chi connectivity index (χ3n) is 6.02. The topological polar surface area (TPSA) is 58.2 Å². The van der Waals surface area contributed by atoms with Gasteiger partial charge in [-0.25, -0.2) is 0 Å². The van der Waals surface area contributed by atoms with E-state index < -0.39 is 71.5 Å². The Labute approximate surface area is 241 Å². The van der Waals surface area contributed by atoms with Gasteiger partial charge in [-0.2, -0.15) is 39.5 Å². The number of rotatable bonds is 8. The Bertz CT molecular complexity index is 1330. The van der Waals surface area contributed by atoms with E-state index in [-0.39, 0.29) is 33.5 Å². The van der Waals surface area contributed by atoms with Crippen LogP contribution in [0.5, 0.6) is 0 Å². The molecular weight excluding hydrogens is 638 g/mol. The molecule has 0 heterocycles. The van der Waals surface area contributed by atoms with Gasteiger partial charge in [0.15, 0.2) is 0 Å². The monoisotopic (exact) mass is 654 g/mol. The molecule has 1 fully saturated rings. The van der Waals surface area contributed by atoms with E-state index in [1.165, 1.54) is 0 Å². The van der Waals surface area contributed by atoms with Crippen molar-refractivity contribution in [3.8, 4) is 0 Å². The average molecular weight is 656 g/mol. The summed E-state index contributed by atoms with van der Waals surface area (Å²) in [6.45, 7) is -0.790. The van der Waals surface area contributed by atoms with E-state index in [0.717, 1.165) is 24.3 Å². The van der Waals surface area contributed by atoms with Crippen LogP contribution in [-0.4, -0.2) is 36.3 Å². The van der Waals surface area contributed by atoms with Gasteiger partial charge >= 0.3 is 18.5 Å². The van der Waals surface area contributed by atoms with E-state index >= 15 is 0 Å². The highest BCUT2D eigenvalue weighted by molar-refractivity contribution is 6.48. The first-order valence-corrected chi connectivity index (χ1v) is 12.6. The maximum Gasteiger partial charge on any atom is 0.417 e. The van der Waals surface area contributed by atoms with Crippen LogP contribution in [-0.2, 0) is 11.0 Å². The lowest BCUT2D eigenvalue weighted by molar-refractivity contribution is -0.140. The summed E-state index contributed by atoms with van der Waals surface area (Å²) < 4.78 is 120. The number of alkyl halides is 9. The van der Waals surface area contributed by atoms with E-state index in [4.69, 9.17) is 34.8 Å². The molecule has 0 spiro atoms. The Morgan fingerprint density at radius 2 is 1.51 bits per heavy atom. The molecule has 2 amide bonds.